The summed E-state index contributed by atoms with van der Waals surface area (Å²) in [6.45, 7) is 2.90. The van der Waals surface area contributed by atoms with Crippen LogP contribution in [0.4, 0.5) is 5.82 Å². The summed E-state index contributed by atoms with van der Waals surface area (Å²) >= 11 is 3.56. The van der Waals surface area contributed by atoms with Crippen LogP contribution in [0.25, 0.3) is 0 Å². The fraction of sp³-hybridized carbons (Fsp3) is 0.556. The van der Waals surface area contributed by atoms with Crippen molar-refractivity contribution >= 4 is 27.7 Å². The van der Waals surface area contributed by atoms with Crippen molar-refractivity contribution in [3.05, 3.63) is 52.1 Å². The Labute approximate surface area is 200 Å². The molecule has 2 aliphatic rings. The van der Waals surface area contributed by atoms with Crippen molar-refractivity contribution < 1.29 is 9.53 Å². The number of methoxy groups -OCH3 is 1. The molecule has 2 aromatic rings. The Morgan fingerprint density at radius 1 is 1.06 bits per heavy atom. The van der Waals surface area contributed by atoms with Gasteiger partial charge in [-0.05, 0) is 86.6 Å². The van der Waals surface area contributed by atoms with Crippen LogP contribution < -0.4 is 9.64 Å². The van der Waals surface area contributed by atoms with E-state index in [1.165, 1.54) is 43.2 Å². The molecule has 2 fully saturated rings. The Morgan fingerprint density at radius 3 is 2.47 bits per heavy atom. The fourth-order valence-electron chi connectivity index (χ4n) is 5.50. The lowest BCUT2D eigenvalue weighted by molar-refractivity contribution is -0.123. The van der Waals surface area contributed by atoms with E-state index in [0.717, 1.165) is 48.3 Å². The number of rotatable bonds is 6. The van der Waals surface area contributed by atoms with Crippen molar-refractivity contribution in [3.63, 3.8) is 0 Å². The van der Waals surface area contributed by atoms with Gasteiger partial charge in [-0.15, -0.1) is 0 Å². The molecule has 172 valence electrons. The predicted molar refractivity (Wildman–Crippen MR) is 133 cm³/mol. The summed E-state index contributed by atoms with van der Waals surface area (Å²) in [5.41, 5.74) is 2.63. The molecule has 1 aromatic heterocycles. The van der Waals surface area contributed by atoms with Gasteiger partial charge in [0.15, 0.2) is 0 Å². The highest BCUT2D eigenvalue weighted by atomic mass is 79.9. The molecule has 4 rings (SSSR count). The quantitative estimate of drug-likeness (QED) is 0.428. The highest BCUT2D eigenvalue weighted by Crippen LogP contribution is 2.38. The van der Waals surface area contributed by atoms with E-state index in [2.05, 4.69) is 46.0 Å². The van der Waals surface area contributed by atoms with Crippen LogP contribution in [-0.4, -0.2) is 24.5 Å². The van der Waals surface area contributed by atoms with E-state index in [-0.39, 0.29) is 11.8 Å². The molecular formula is C27H35BrN2O2. The highest BCUT2D eigenvalue weighted by Gasteiger charge is 2.31. The zero-order valence-corrected chi connectivity index (χ0v) is 20.9. The maximum atomic E-state index is 13.5. The smallest absolute Gasteiger partial charge is 0.231 e. The number of anilines is 1. The van der Waals surface area contributed by atoms with Gasteiger partial charge in [-0.3, -0.25) is 9.69 Å². The SMILES string of the molecule is COc1ccc([C@H]2CC[C@H](CN(C(=O)C3CCCCC3)c3cc(Br)ccn3)CC2)cc1C. The molecule has 0 radical (unpaired) electrons. The van der Waals surface area contributed by atoms with E-state index in [1.807, 2.05) is 17.0 Å². The maximum absolute atomic E-state index is 13.5. The van der Waals surface area contributed by atoms with Crippen molar-refractivity contribution in [2.75, 3.05) is 18.6 Å². The normalized spacial score (nSPS) is 21.8. The molecule has 0 bridgehead atoms. The number of amides is 1. The minimum Gasteiger partial charge on any atom is -0.496 e. The first kappa shape index (κ1) is 23.3. The van der Waals surface area contributed by atoms with Gasteiger partial charge in [-0.2, -0.15) is 0 Å². The second kappa shape index (κ2) is 10.8. The molecule has 0 saturated heterocycles. The third-order valence-electron chi connectivity index (χ3n) is 7.38. The van der Waals surface area contributed by atoms with Crippen LogP contribution in [0.2, 0.25) is 0 Å². The Bertz CT molecular complexity index is 918. The van der Waals surface area contributed by atoms with Gasteiger partial charge in [0.1, 0.15) is 11.6 Å². The zero-order chi connectivity index (χ0) is 22.5. The van der Waals surface area contributed by atoms with Crippen LogP contribution in [-0.2, 0) is 4.79 Å². The van der Waals surface area contributed by atoms with Crippen LogP contribution in [0.3, 0.4) is 0 Å². The van der Waals surface area contributed by atoms with Crippen molar-refractivity contribution in [1.82, 2.24) is 4.98 Å². The van der Waals surface area contributed by atoms with Crippen LogP contribution >= 0.6 is 15.9 Å². The van der Waals surface area contributed by atoms with Crippen LogP contribution in [0.5, 0.6) is 5.75 Å². The Morgan fingerprint density at radius 2 is 1.81 bits per heavy atom. The average Bonchev–Trinajstić information content (AvgIpc) is 2.83. The van der Waals surface area contributed by atoms with Gasteiger partial charge < -0.3 is 4.74 Å². The molecule has 1 amide bonds. The van der Waals surface area contributed by atoms with Crippen LogP contribution in [0.15, 0.2) is 41.0 Å². The molecular weight excluding hydrogens is 464 g/mol. The number of pyridine rings is 1. The van der Waals surface area contributed by atoms with Gasteiger partial charge in [0.2, 0.25) is 5.91 Å². The molecule has 5 heteroatoms. The number of halogens is 1. The average molecular weight is 499 g/mol. The Kier molecular flexibility index (Phi) is 7.88. The Balaban J connectivity index is 1.43. The van der Waals surface area contributed by atoms with Crippen LogP contribution in [0, 0.1) is 18.8 Å². The molecule has 32 heavy (non-hydrogen) atoms. The summed E-state index contributed by atoms with van der Waals surface area (Å²) in [6, 6.07) is 10.5. The molecule has 1 aromatic carbocycles. The number of aromatic nitrogens is 1. The molecule has 0 unspecified atom stereocenters. The largest absolute Gasteiger partial charge is 0.496 e. The van der Waals surface area contributed by atoms with Crippen molar-refractivity contribution in [2.45, 2.75) is 70.6 Å². The monoisotopic (exact) mass is 498 g/mol. The van der Waals surface area contributed by atoms with Gasteiger partial charge in [0, 0.05) is 23.1 Å². The second-order valence-electron chi connectivity index (χ2n) is 9.56. The number of carbonyl (C=O) groups excluding carboxylic acids is 1. The summed E-state index contributed by atoms with van der Waals surface area (Å²) in [5.74, 6) is 3.32. The van der Waals surface area contributed by atoms with Gasteiger partial charge in [0.05, 0.1) is 7.11 Å². The lowest BCUT2D eigenvalue weighted by atomic mass is 9.78. The van der Waals surface area contributed by atoms with Crippen molar-refractivity contribution in [1.29, 1.82) is 0 Å². The minimum atomic E-state index is 0.156. The van der Waals surface area contributed by atoms with E-state index >= 15 is 0 Å². The molecule has 0 atom stereocenters. The molecule has 0 spiro atoms. The molecule has 4 nitrogen and oxygen atoms in total. The third-order valence-corrected chi connectivity index (χ3v) is 7.88. The number of aryl methyl sites for hydroxylation is 1. The van der Waals surface area contributed by atoms with Gasteiger partial charge in [-0.1, -0.05) is 47.3 Å². The molecule has 0 aliphatic heterocycles. The summed E-state index contributed by atoms with van der Waals surface area (Å²) < 4.78 is 6.40. The first-order chi connectivity index (χ1) is 15.5. The summed E-state index contributed by atoms with van der Waals surface area (Å²) in [4.78, 5) is 20.1. The predicted octanol–water partition coefficient (Wildman–Crippen LogP) is 7.05. The minimum absolute atomic E-state index is 0.156. The van der Waals surface area contributed by atoms with Crippen molar-refractivity contribution in [3.8, 4) is 5.75 Å². The number of benzene rings is 1. The van der Waals surface area contributed by atoms with Gasteiger partial charge >= 0.3 is 0 Å². The van der Waals surface area contributed by atoms with Gasteiger partial charge in [-0.25, -0.2) is 4.98 Å². The summed E-state index contributed by atoms with van der Waals surface area (Å²) in [5, 5.41) is 0. The lowest BCUT2D eigenvalue weighted by Crippen LogP contribution is -2.41. The topological polar surface area (TPSA) is 42.4 Å². The van der Waals surface area contributed by atoms with E-state index in [0.29, 0.717) is 11.8 Å². The number of carbonyl (C=O) groups is 1. The highest BCUT2D eigenvalue weighted by molar-refractivity contribution is 9.10. The van der Waals surface area contributed by atoms with Crippen molar-refractivity contribution in [2.24, 2.45) is 11.8 Å². The fourth-order valence-corrected chi connectivity index (χ4v) is 5.82. The van der Waals surface area contributed by atoms with E-state index in [9.17, 15) is 4.79 Å². The molecule has 2 saturated carbocycles. The summed E-state index contributed by atoms with van der Waals surface area (Å²) in [6.07, 6.45) is 12.1. The zero-order valence-electron chi connectivity index (χ0n) is 19.4. The lowest BCUT2D eigenvalue weighted by Gasteiger charge is -2.35. The summed E-state index contributed by atoms with van der Waals surface area (Å²) in [7, 11) is 1.73. The van der Waals surface area contributed by atoms with E-state index in [4.69, 9.17) is 4.74 Å². The number of ether oxygens (including phenoxy) is 1. The third kappa shape index (κ3) is 5.54. The molecule has 1 heterocycles. The second-order valence-corrected chi connectivity index (χ2v) is 10.5. The first-order valence-electron chi connectivity index (χ1n) is 12.1. The first-order valence-corrected chi connectivity index (χ1v) is 12.9. The van der Waals surface area contributed by atoms with E-state index < -0.39 is 0 Å². The maximum Gasteiger partial charge on any atom is 0.231 e. The molecule has 2 aliphatic carbocycles. The van der Waals surface area contributed by atoms with Gasteiger partial charge in [0.25, 0.3) is 0 Å². The Hall–Kier alpha value is -1.88. The number of nitrogens with zero attached hydrogens (tertiary/aromatic N) is 2. The van der Waals surface area contributed by atoms with Crippen LogP contribution in [0.1, 0.15) is 74.8 Å². The number of hydrogen-bond donors (Lipinski definition) is 0. The van der Waals surface area contributed by atoms with E-state index in [1.54, 1.807) is 13.3 Å². The standard InChI is InChI=1S/C27H35BrN2O2/c1-19-16-23(12-13-25(19)32-2)21-10-8-20(9-11-21)18-30(26-17-24(28)14-15-29-26)27(31)22-6-4-3-5-7-22/h12-17,20-22H,3-11,18H2,1-2H3/t20-,21-. The molecule has 0 N–H and O–H groups in total. The number of hydrogen-bond acceptors (Lipinski definition) is 3.